The van der Waals surface area contributed by atoms with E-state index in [4.69, 9.17) is 28.1 Å². The van der Waals surface area contributed by atoms with E-state index in [1.54, 1.807) is 30.5 Å². The van der Waals surface area contributed by atoms with Crippen molar-refractivity contribution in [1.82, 2.24) is 29.7 Å². The van der Waals surface area contributed by atoms with Crippen molar-refractivity contribution in [2.45, 2.75) is 25.8 Å². The Hall–Kier alpha value is -4.17. The normalized spacial score (nSPS) is 11.9. The maximum Gasteiger partial charge on any atom is 0.268 e. The summed E-state index contributed by atoms with van der Waals surface area (Å²) in [5.41, 5.74) is 11.7. The van der Waals surface area contributed by atoms with Crippen LogP contribution in [-0.2, 0) is 0 Å². The van der Waals surface area contributed by atoms with Crippen LogP contribution in [0, 0.1) is 11.3 Å². The molecule has 3 aromatic heterocycles. The van der Waals surface area contributed by atoms with Gasteiger partial charge < -0.3 is 16.8 Å². The summed E-state index contributed by atoms with van der Waals surface area (Å²) in [5.74, 6) is 0.760. The lowest BCUT2D eigenvalue weighted by Gasteiger charge is -2.22. The molecule has 32 heavy (non-hydrogen) atoms. The molecule has 11 nitrogen and oxygen atoms in total. The van der Waals surface area contributed by atoms with Crippen molar-refractivity contribution in [2.75, 3.05) is 16.8 Å². The third-order valence-electron chi connectivity index (χ3n) is 4.85. The molecule has 1 atom stereocenters. The molecule has 0 bridgehead atoms. The fraction of sp³-hybridized carbons (Fsp3) is 0.200. The zero-order valence-corrected chi connectivity index (χ0v) is 17.8. The minimum absolute atomic E-state index is 0.0410. The molecule has 0 fully saturated rings. The second-order valence-corrected chi connectivity index (χ2v) is 7.37. The lowest BCUT2D eigenvalue weighted by Crippen LogP contribution is -2.29. The predicted molar refractivity (Wildman–Crippen MR) is 121 cm³/mol. The zero-order valence-electron chi connectivity index (χ0n) is 17.0. The van der Waals surface area contributed by atoms with Crippen molar-refractivity contribution in [1.29, 1.82) is 5.26 Å². The highest BCUT2D eigenvalue weighted by atomic mass is 35.5. The van der Waals surface area contributed by atoms with E-state index < -0.39 is 6.04 Å². The van der Waals surface area contributed by atoms with Gasteiger partial charge in [0.2, 0.25) is 5.95 Å². The Bertz CT molecular complexity index is 1390. The Kier molecular flexibility index (Phi) is 5.61. The second-order valence-electron chi connectivity index (χ2n) is 6.97. The molecule has 0 aliphatic heterocycles. The van der Waals surface area contributed by atoms with E-state index in [1.165, 1.54) is 4.57 Å². The number of fused-ring (bicyclic) bond motifs is 1. The van der Waals surface area contributed by atoms with Crippen molar-refractivity contribution in [3.8, 4) is 11.9 Å². The van der Waals surface area contributed by atoms with Gasteiger partial charge in [0.1, 0.15) is 23.3 Å². The smallest absolute Gasteiger partial charge is 0.268 e. The van der Waals surface area contributed by atoms with Crippen LogP contribution >= 0.6 is 11.6 Å². The van der Waals surface area contributed by atoms with E-state index >= 15 is 0 Å². The van der Waals surface area contributed by atoms with Crippen LogP contribution in [0.4, 0.5) is 17.6 Å². The molecule has 3 heterocycles. The molecule has 162 valence electrons. The van der Waals surface area contributed by atoms with Crippen LogP contribution < -0.4 is 22.3 Å². The molecule has 0 aliphatic rings. The van der Waals surface area contributed by atoms with E-state index in [2.05, 4.69) is 25.5 Å². The third kappa shape index (κ3) is 3.67. The maximum atomic E-state index is 13.5. The average Bonchev–Trinajstić information content (AvgIpc) is 3.27. The van der Waals surface area contributed by atoms with E-state index in [9.17, 15) is 10.1 Å². The van der Waals surface area contributed by atoms with Gasteiger partial charge in [0, 0.05) is 12.3 Å². The van der Waals surface area contributed by atoms with Crippen molar-refractivity contribution >= 4 is 40.1 Å². The van der Waals surface area contributed by atoms with Gasteiger partial charge in [-0.2, -0.15) is 20.3 Å². The standard InChI is InChI=1S/C20H19ClN10O/c1-2-4-13(26-17-10(9-22)16(23)28-20(24)29-17)18-27-12-6-3-5-11(21)15(12)19(32)31(18)14-7-8-25-30-14/h3,5-8,13H,2,4H2,1H3,(H,25,30)(H5,23,24,26,28,29). The van der Waals surface area contributed by atoms with Crippen LogP contribution in [0.2, 0.25) is 5.02 Å². The van der Waals surface area contributed by atoms with Crippen LogP contribution in [0.25, 0.3) is 16.7 Å². The molecule has 1 aromatic carbocycles. The molecule has 6 N–H and O–H groups in total. The van der Waals surface area contributed by atoms with Gasteiger partial charge in [0.25, 0.3) is 5.56 Å². The minimum atomic E-state index is -0.534. The number of hydrogen-bond donors (Lipinski definition) is 4. The van der Waals surface area contributed by atoms with Crippen LogP contribution in [0.15, 0.2) is 35.3 Å². The maximum absolute atomic E-state index is 13.5. The van der Waals surface area contributed by atoms with Gasteiger partial charge in [0.05, 0.1) is 22.0 Å². The van der Waals surface area contributed by atoms with Crippen LogP contribution in [0.1, 0.15) is 37.2 Å². The first-order chi connectivity index (χ1) is 15.4. The largest absolute Gasteiger partial charge is 0.382 e. The molecule has 0 spiro atoms. The Morgan fingerprint density at radius 1 is 1.28 bits per heavy atom. The number of halogens is 1. The molecule has 0 radical (unpaired) electrons. The quantitative estimate of drug-likeness (QED) is 0.343. The summed E-state index contributed by atoms with van der Waals surface area (Å²) in [4.78, 5) is 26.2. The van der Waals surface area contributed by atoms with Gasteiger partial charge in [-0.15, -0.1) is 0 Å². The van der Waals surface area contributed by atoms with Crippen LogP contribution in [0.5, 0.6) is 0 Å². The molecule has 0 amide bonds. The molecule has 0 aliphatic carbocycles. The van der Waals surface area contributed by atoms with E-state index in [1.807, 2.05) is 13.0 Å². The first-order valence-electron chi connectivity index (χ1n) is 9.75. The highest BCUT2D eigenvalue weighted by Crippen LogP contribution is 2.28. The number of aromatic amines is 1. The number of nitrogens with two attached hydrogens (primary N) is 2. The molecular weight excluding hydrogens is 432 g/mol. The third-order valence-corrected chi connectivity index (χ3v) is 5.17. The summed E-state index contributed by atoms with van der Waals surface area (Å²) in [7, 11) is 0. The van der Waals surface area contributed by atoms with Gasteiger partial charge in [-0.1, -0.05) is 31.0 Å². The van der Waals surface area contributed by atoms with E-state index in [0.717, 1.165) is 6.42 Å². The first kappa shape index (κ1) is 21.1. The summed E-state index contributed by atoms with van der Waals surface area (Å²) in [6.07, 6.45) is 2.89. The topological polar surface area (TPSA) is 177 Å². The Morgan fingerprint density at radius 3 is 2.78 bits per heavy atom. The Morgan fingerprint density at radius 2 is 2.09 bits per heavy atom. The summed E-state index contributed by atoms with van der Waals surface area (Å²) >= 11 is 6.31. The Balaban J connectivity index is 1.97. The number of nitrogens with one attached hydrogen (secondary N) is 2. The number of nitrogen functional groups attached to an aromatic ring is 2. The van der Waals surface area contributed by atoms with Crippen LogP contribution in [-0.4, -0.2) is 29.7 Å². The molecular formula is C20H19ClN10O. The highest BCUT2D eigenvalue weighted by Gasteiger charge is 2.24. The van der Waals surface area contributed by atoms with Gasteiger partial charge in [0.15, 0.2) is 11.6 Å². The fourth-order valence-electron chi connectivity index (χ4n) is 3.47. The SMILES string of the molecule is CCCC(Nc1nc(N)nc(N)c1C#N)c1nc2cccc(Cl)c2c(=O)n1-c1cc[nH]n1. The number of nitrogens with zero attached hydrogens (tertiary/aromatic N) is 6. The average molecular weight is 451 g/mol. The molecule has 0 saturated carbocycles. The van der Waals surface area contributed by atoms with Gasteiger partial charge in [-0.3, -0.25) is 9.89 Å². The summed E-state index contributed by atoms with van der Waals surface area (Å²) in [5, 5.41) is 20.2. The number of anilines is 3. The number of benzene rings is 1. The van der Waals surface area contributed by atoms with E-state index in [0.29, 0.717) is 28.6 Å². The first-order valence-corrected chi connectivity index (χ1v) is 10.1. The van der Waals surface area contributed by atoms with Crippen LogP contribution in [0.3, 0.4) is 0 Å². The monoisotopic (exact) mass is 450 g/mol. The van der Waals surface area contributed by atoms with Gasteiger partial charge in [-0.25, -0.2) is 9.55 Å². The molecule has 12 heteroatoms. The number of H-pyrrole nitrogens is 1. The minimum Gasteiger partial charge on any atom is -0.382 e. The zero-order chi connectivity index (χ0) is 22.8. The van der Waals surface area contributed by atoms with E-state index in [-0.39, 0.29) is 34.1 Å². The molecule has 1 unspecified atom stereocenters. The number of hydrogen-bond acceptors (Lipinski definition) is 9. The molecule has 4 aromatic rings. The lowest BCUT2D eigenvalue weighted by atomic mass is 10.1. The summed E-state index contributed by atoms with van der Waals surface area (Å²) < 4.78 is 1.39. The lowest BCUT2D eigenvalue weighted by molar-refractivity contribution is 0.612. The fourth-order valence-corrected chi connectivity index (χ4v) is 3.72. The van der Waals surface area contributed by atoms with Gasteiger partial charge in [-0.05, 0) is 18.6 Å². The predicted octanol–water partition coefficient (Wildman–Crippen LogP) is 2.54. The summed E-state index contributed by atoms with van der Waals surface area (Å²) in [6.45, 7) is 1.98. The van der Waals surface area contributed by atoms with Gasteiger partial charge >= 0.3 is 0 Å². The second kappa shape index (κ2) is 8.52. The number of aromatic nitrogens is 6. The van der Waals surface area contributed by atoms with Crippen molar-refractivity contribution in [3.63, 3.8) is 0 Å². The highest BCUT2D eigenvalue weighted by molar-refractivity contribution is 6.35. The number of rotatable bonds is 6. The molecule has 4 rings (SSSR count). The molecule has 0 saturated heterocycles. The van der Waals surface area contributed by atoms with Crippen molar-refractivity contribution in [3.05, 3.63) is 57.2 Å². The Labute approximate surface area is 187 Å². The van der Waals surface area contributed by atoms with Crippen molar-refractivity contribution < 1.29 is 0 Å². The number of nitriles is 1. The van der Waals surface area contributed by atoms with Crippen molar-refractivity contribution in [2.24, 2.45) is 0 Å². The summed E-state index contributed by atoms with van der Waals surface area (Å²) in [6, 6.07) is 8.18.